The van der Waals surface area contributed by atoms with Gasteiger partial charge < -0.3 is 20.0 Å². The van der Waals surface area contributed by atoms with Crippen molar-refractivity contribution in [3.8, 4) is 11.3 Å². The van der Waals surface area contributed by atoms with Crippen molar-refractivity contribution in [1.82, 2.24) is 15.2 Å². The Morgan fingerprint density at radius 3 is 2.70 bits per heavy atom. The van der Waals surface area contributed by atoms with Gasteiger partial charge in [0.25, 0.3) is 0 Å². The van der Waals surface area contributed by atoms with E-state index in [0.717, 1.165) is 22.5 Å². The van der Waals surface area contributed by atoms with Crippen molar-refractivity contribution in [2.75, 3.05) is 11.9 Å². The zero-order chi connectivity index (χ0) is 25.9. The lowest BCUT2D eigenvalue weighted by Gasteiger charge is -2.25. The first kappa shape index (κ1) is 25.3. The summed E-state index contributed by atoms with van der Waals surface area (Å²) in [7, 11) is 0. The second-order valence-electron chi connectivity index (χ2n) is 8.82. The summed E-state index contributed by atoms with van der Waals surface area (Å²) in [6, 6.07) is 22.1. The van der Waals surface area contributed by atoms with Gasteiger partial charge in [-0.1, -0.05) is 41.4 Å². The van der Waals surface area contributed by atoms with Crippen molar-refractivity contribution in [1.29, 1.82) is 0 Å². The van der Waals surface area contributed by atoms with Crippen LogP contribution in [-0.4, -0.2) is 27.4 Å². The minimum absolute atomic E-state index is 0.0932. The maximum atomic E-state index is 12.8. The fraction of sp³-hybridized carbons (Fsp3) is 0.179. The Morgan fingerprint density at radius 1 is 1.08 bits per heavy atom. The molecule has 37 heavy (non-hydrogen) atoms. The fourth-order valence-corrected chi connectivity index (χ4v) is 5.07. The number of thiocarbonyl (C=S) groups is 1. The Labute approximate surface area is 230 Å². The number of anilines is 1. The van der Waals surface area contributed by atoms with Crippen LogP contribution in [0.15, 0.2) is 83.4 Å². The van der Waals surface area contributed by atoms with Crippen molar-refractivity contribution in [3.05, 3.63) is 106 Å². The predicted octanol–water partition coefficient (Wildman–Crippen LogP) is 6.96. The number of hydrogen-bond donors (Lipinski definition) is 2. The molecule has 1 aliphatic heterocycles. The molecule has 1 fully saturated rings. The van der Waals surface area contributed by atoms with Gasteiger partial charge in [-0.25, -0.2) is 0 Å². The van der Waals surface area contributed by atoms with E-state index in [1.807, 2.05) is 72.5 Å². The van der Waals surface area contributed by atoms with Crippen LogP contribution in [0.2, 0.25) is 10.0 Å². The van der Waals surface area contributed by atoms with Gasteiger partial charge in [0, 0.05) is 30.4 Å². The zero-order valence-corrected chi connectivity index (χ0v) is 22.3. The first-order valence-electron chi connectivity index (χ1n) is 11.8. The number of furan rings is 1. The van der Waals surface area contributed by atoms with Crippen LogP contribution in [0.3, 0.4) is 0 Å². The Balaban J connectivity index is 1.40. The summed E-state index contributed by atoms with van der Waals surface area (Å²) in [5.41, 5.74) is 3.49. The van der Waals surface area contributed by atoms with Gasteiger partial charge in [0.15, 0.2) is 5.11 Å². The van der Waals surface area contributed by atoms with Gasteiger partial charge in [0.2, 0.25) is 5.91 Å². The van der Waals surface area contributed by atoms with Crippen LogP contribution in [0.25, 0.3) is 11.3 Å². The molecule has 1 aliphatic rings. The highest BCUT2D eigenvalue weighted by Gasteiger charge is 2.41. The first-order valence-corrected chi connectivity index (χ1v) is 13.0. The minimum atomic E-state index is -0.300. The lowest BCUT2D eigenvalue weighted by Crippen LogP contribution is -2.32. The van der Waals surface area contributed by atoms with Crippen LogP contribution in [0.4, 0.5) is 5.69 Å². The summed E-state index contributed by atoms with van der Waals surface area (Å²) in [5, 5.41) is 7.82. The molecule has 4 aromatic rings. The number of aryl methyl sites for hydroxylation is 1. The number of pyridine rings is 1. The second-order valence-corrected chi connectivity index (χ2v) is 10.0. The highest BCUT2D eigenvalue weighted by molar-refractivity contribution is 7.80. The van der Waals surface area contributed by atoms with E-state index in [-0.39, 0.29) is 24.4 Å². The fourth-order valence-electron chi connectivity index (χ4n) is 4.44. The molecule has 0 bridgehead atoms. The molecule has 9 heteroatoms. The molecule has 2 atom stereocenters. The second kappa shape index (κ2) is 10.9. The SMILES string of the molecule is Cc1cccc(NC(=O)CCN2C(=S)N[C@@H](c3ccccn3)[C@H]2c2ccc(-c3ccc(Cl)c(Cl)c3)o2)c1. The molecule has 6 nitrogen and oxygen atoms in total. The quantitative estimate of drug-likeness (QED) is 0.242. The summed E-state index contributed by atoms with van der Waals surface area (Å²) < 4.78 is 6.32. The van der Waals surface area contributed by atoms with E-state index in [2.05, 4.69) is 15.6 Å². The van der Waals surface area contributed by atoms with E-state index in [4.69, 9.17) is 39.8 Å². The Kier molecular flexibility index (Phi) is 7.46. The van der Waals surface area contributed by atoms with Crippen LogP contribution < -0.4 is 10.6 Å². The normalized spacial score (nSPS) is 17.1. The number of nitrogens with zero attached hydrogens (tertiary/aromatic N) is 2. The smallest absolute Gasteiger partial charge is 0.226 e. The number of amides is 1. The van der Waals surface area contributed by atoms with Crippen LogP contribution in [0.1, 0.15) is 35.5 Å². The average molecular weight is 551 g/mol. The van der Waals surface area contributed by atoms with Gasteiger partial charge in [-0.05, 0) is 79.3 Å². The Bertz CT molecular complexity index is 1440. The molecular formula is C28H24Cl2N4O2S. The van der Waals surface area contributed by atoms with E-state index in [1.54, 1.807) is 18.3 Å². The molecule has 0 spiro atoms. The Morgan fingerprint density at radius 2 is 1.95 bits per heavy atom. The first-order chi connectivity index (χ1) is 17.9. The van der Waals surface area contributed by atoms with E-state index in [0.29, 0.717) is 33.2 Å². The molecule has 1 amide bonds. The van der Waals surface area contributed by atoms with Crippen molar-refractivity contribution >= 4 is 52.1 Å². The van der Waals surface area contributed by atoms with E-state index < -0.39 is 0 Å². The maximum absolute atomic E-state index is 12.8. The average Bonchev–Trinajstić information content (AvgIpc) is 3.49. The number of aromatic nitrogens is 1. The van der Waals surface area contributed by atoms with Crippen molar-refractivity contribution in [3.63, 3.8) is 0 Å². The summed E-state index contributed by atoms with van der Waals surface area (Å²) in [6.07, 6.45) is 2.00. The van der Waals surface area contributed by atoms with Gasteiger partial charge in [0.05, 0.1) is 21.8 Å². The third-order valence-electron chi connectivity index (χ3n) is 6.20. The molecule has 188 valence electrons. The number of rotatable bonds is 7. The molecule has 0 aliphatic carbocycles. The van der Waals surface area contributed by atoms with E-state index >= 15 is 0 Å². The molecular weight excluding hydrogens is 527 g/mol. The zero-order valence-electron chi connectivity index (χ0n) is 19.9. The van der Waals surface area contributed by atoms with Gasteiger partial charge in [-0.3, -0.25) is 9.78 Å². The van der Waals surface area contributed by atoms with Gasteiger partial charge in [-0.2, -0.15) is 0 Å². The third-order valence-corrected chi connectivity index (χ3v) is 7.29. The lowest BCUT2D eigenvalue weighted by molar-refractivity contribution is -0.116. The van der Waals surface area contributed by atoms with Gasteiger partial charge in [0.1, 0.15) is 17.6 Å². The van der Waals surface area contributed by atoms with Crippen LogP contribution in [-0.2, 0) is 4.79 Å². The number of benzene rings is 2. The molecule has 0 unspecified atom stereocenters. The van der Waals surface area contributed by atoms with Crippen molar-refractivity contribution in [2.24, 2.45) is 0 Å². The molecule has 0 radical (unpaired) electrons. The van der Waals surface area contributed by atoms with Crippen LogP contribution in [0, 0.1) is 6.92 Å². The minimum Gasteiger partial charge on any atom is -0.459 e. The van der Waals surface area contributed by atoms with E-state index in [9.17, 15) is 4.79 Å². The molecule has 2 N–H and O–H groups in total. The molecule has 3 heterocycles. The van der Waals surface area contributed by atoms with Gasteiger partial charge in [-0.15, -0.1) is 0 Å². The lowest BCUT2D eigenvalue weighted by atomic mass is 10.0. The third kappa shape index (κ3) is 5.64. The standard InChI is InChI=1S/C28H24Cl2N4O2S/c1-17-5-4-6-19(15-17)32-25(35)12-14-34-27(26(33-28(34)37)22-7-2-3-13-31-22)24-11-10-23(36-24)18-8-9-20(29)21(30)16-18/h2-11,13,15-16,26-27H,12,14H2,1H3,(H,32,35)(H,33,37)/t26-,27+/m0/s1. The summed E-state index contributed by atoms with van der Waals surface area (Å²) in [5.74, 6) is 1.26. The molecule has 1 saturated heterocycles. The summed E-state index contributed by atoms with van der Waals surface area (Å²) in [4.78, 5) is 19.3. The number of halogens is 2. The molecule has 2 aromatic heterocycles. The summed E-state index contributed by atoms with van der Waals surface area (Å²) in [6.45, 7) is 2.39. The molecule has 0 saturated carbocycles. The topological polar surface area (TPSA) is 70.4 Å². The number of hydrogen-bond acceptors (Lipinski definition) is 4. The van der Waals surface area contributed by atoms with Crippen molar-refractivity contribution in [2.45, 2.75) is 25.4 Å². The number of nitrogens with one attached hydrogen (secondary N) is 2. The number of carbonyl (C=O) groups excluding carboxylic acids is 1. The molecule has 2 aromatic carbocycles. The highest BCUT2D eigenvalue weighted by Crippen LogP contribution is 2.41. The van der Waals surface area contributed by atoms with Crippen molar-refractivity contribution < 1.29 is 9.21 Å². The molecule has 5 rings (SSSR count). The predicted molar refractivity (Wildman–Crippen MR) is 151 cm³/mol. The summed E-state index contributed by atoms with van der Waals surface area (Å²) >= 11 is 18.0. The van der Waals surface area contributed by atoms with Crippen LogP contribution >= 0.6 is 35.4 Å². The van der Waals surface area contributed by atoms with Gasteiger partial charge >= 0.3 is 0 Å². The monoisotopic (exact) mass is 550 g/mol. The Hall–Kier alpha value is -3.39. The highest BCUT2D eigenvalue weighted by atomic mass is 35.5. The maximum Gasteiger partial charge on any atom is 0.226 e. The largest absolute Gasteiger partial charge is 0.459 e. The van der Waals surface area contributed by atoms with E-state index in [1.165, 1.54) is 0 Å². The van der Waals surface area contributed by atoms with Crippen LogP contribution in [0.5, 0.6) is 0 Å². The number of carbonyl (C=O) groups is 1.